The lowest BCUT2D eigenvalue weighted by Gasteiger charge is -2.40. The molecule has 10 heteroatoms. The number of rotatable bonds is 6. The molecule has 3 aliphatic carbocycles. The lowest BCUT2D eigenvalue weighted by Crippen LogP contribution is -2.53. The fourth-order valence-corrected chi connectivity index (χ4v) is 8.12. The molecule has 210 valence electrons. The highest BCUT2D eigenvalue weighted by molar-refractivity contribution is 5.82. The molecule has 2 aliphatic heterocycles. The number of halogens is 3. The van der Waals surface area contributed by atoms with Crippen LogP contribution in [0, 0.1) is 29.1 Å². The summed E-state index contributed by atoms with van der Waals surface area (Å²) in [7, 11) is 1.89. The van der Waals surface area contributed by atoms with Gasteiger partial charge in [0.1, 0.15) is 0 Å². The van der Waals surface area contributed by atoms with Gasteiger partial charge in [-0.05, 0) is 76.0 Å². The molecule has 3 saturated carbocycles. The minimum Gasteiger partial charge on any atom is -0.387 e. The second-order valence-electron chi connectivity index (χ2n) is 12.6. The Labute approximate surface area is 219 Å². The molecule has 2 saturated heterocycles. The Hall–Kier alpha value is -1.39. The molecular weight excluding hydrogens is 481 g/mol. The van der Waals surface area contributed by atoms with E-state index in [1.165, 1.54) is 25.7 Å². The fraction of sp³-hybridized carbons (Fsp3) is 0.926. The van der Waals surface area contributed by atoms with E-state index >= 15 is 0 Å². The maximum Gasteiger partial charge on any atom is 0.391 e. The van der Waals surface area contributed by atoms with Crippen LogP contribution in [0.4, 0.5) is 13.2 Å². The van der Waals surface area contributed by atoms with Crippen molar-refractivity contribution in [2.45, 2.75) is 114 Å². The Morgan fingerprint density at radius 2 is 1.65 bits per heavy atom. The number of amides is 1. The molecule has 2 heterocycles. The first-order chi connectivity index (χ1) is 17.6. The van der Waals surface area contributed by atoms with Gasteiger partial charge >= 0.3 is 6.18 Å². The predicted molar refractivity (Wildman–Crippen MR) is 137 cm³/mol. The summed E-state index contributed by atoms with van der Waals surface area (Å²) in [6, 6.07) is 0.914. The lowest BCUT2D eigenvalue weighted by atomic mass is 9.77. The Morgan fingerprint density at radius 3 is 2.24 bits per heavy atom. The summed E-state index contributed by atoms with van der Waals surface area (Å²) in [5.74, 6) is -0.254. The van der Waals surface area contributed by atoms with Crippen LogP contribution in [0.15, 0.2) is 0 Å². The van der Waals surface area contributed by atoms with E-state index in [1.807, 2.05) is 11.9 Å². The van der Waals surface area contributed by atoms with Crippen molar-refractivity contribution >= 4 is 11.7 Å². The lowest BCUT2D eigenvalue weighted by molar-refractivity contribution is -0.184. The Balaban J connectivity index is 1.25. The van der Waals surface area contributed by atoms with Crippen molar-refractivity contribution < 1.29 is 18.0 Å². The number of nitrogens with two attached hydrogens (primary N) is 1. The molecule has 0 radical (unpaired) electrons. The molecular formula is C27H45F3N6O. The normalized spacial score (nSPS) is 40.7. The van der Waals surface area contributed by atoms with E-state index in [4.69, 9.17) is 11.1 Å². The topological polar surface area (TPSA) is 97.5 Å². The largest absolute Gasteiger partial charge is 0.391 e. The van der Waals surface area contributed by atoms with Crippen LogP contribution in [-0.2, 0) is 4.79 Å². The van der Waals surface area contributed by atoms with Gasteiger partial charge in [-0.1, -0.05) is 12.8 Å². The summed E-state index contributed by atoms with van der Waals surface area (Å²) in [4.78, 5) is 18.0. The molecule has 37 heavy (non-hydrogen) atoms. The predicted octanol–water partition coefficient (Wildman–Crippen LogP) is 3.44. The van der Waals surface area contributed by atoms with Gasteiger partial charge in [0.15, 0.2) is 0 Å². The maximum absolute atomic E-state index is 13.9. The van der Waals surface area contributed by atoms with Gasteiger partial charge in [-0.3, -0.25) is 25.7 Å². The van der Waals surface area contributed by atoms with Crippen molar-refractivity contribution in [2.75, 3.05) is 20.1 Å². The van der Waals surface area contributed by atoms with Gasteiger partial charge in [0.2, 0.25) is 5.91 Å². The number of hydrogen-bond donors (Lipinski definition) is 4. The van der Waals surface area contributed by atoms with Crippen molar-refractivity contribution in [1.29, 1.82) is 5.41 Å². The van der Waals surface area contributed by atoms with Gasteiger partial charge in [0, 0.05) is 44.2 Å². The van der Waals surface area contributed by atoms with E-state index in [-0.39, 0.29) is 54.7 Å². The van der Waals surface area contributed by atoms with E-state index in [0.717, 1.165) is 25.7 Å². The monoisotopic (exact) mass is 526 g/mol. The number of nitrogens with zero attached hydrogens (tertiary/aromatic N) is 2. The quantitative estimate of drug-likeness (QED) is 0.314. The molecule has 5 N–H and O–H groups in total. The molecule has 0 aromatic carbocycles. The molecule has 5 rings (SSSR count). The van der Waals surface area contributed by atoms with E-state index in [1.54, 1.807) is 0 Å². The van der Waals surface area contributed by atoms with Crippen LogP contribution in [0.5, 0.6) is 0 Å². The van der Waals surface area contributed by atoms with E-state index in [2.05, 4.69) is 15.5 Å². The van der Waals surface area contributed by atoms with Gasteiger partial charge in [-0.15, -0.1) is 0 Å². The van der Waals surface area contributed by atoms with Crippen molar-refractivity contribution in [1.82, 2.24) is 20.4 Å². The number of likely N-dealkylation sites (tertiary alicyclic amines) is 1. The summed E-state index contributed by atoms with van der Waals surface area (Å²) in [6.45, 7) is 1.28. The third-order valence-corrected chi connectivity index (χ3v) is 10.2. The summed E-state index contributed by atoms with van der Waals surface area (Å²) in [6.07, 6.45) is 5.76. The number of carbonyl (C=O) groups is 1. The van der Waals surface area contributed by atoms with Crippen LogP contribution >= 0.6 is 0 Å². The molecule has 0 bridgehead atoms. The SMILES string of the molecule is CN(CC1NC2CCCCC2N1)C(=O)C1CC2CCC(C(=N)N)CC2N1CC1CCC(C(F)(F)F)CC1. The van der Waals surface area contributed by atoms with Crippen molar-refractivity contribution in [3.63, 3.8) is 0 Å². The molecule has 6 atom stereocenters. The summed E-state index contributed by atoms with van der Waals surface area (Å²) < 4.78 is 39.7. The smallest absolute Gasteiger partial charge is 0.387 e. The molecule has 0 spiro atoms. The second-order valence-corrected chi connectivity index (χ2v) is 12.6. The average molecular weight is 527 g/mol. The summed E-state index contributed by atoms with van der Waals surface area (Å²) in [5.41, 5.74) is 5.89. The number of fused-ring (bicyclic) bond motifs is 2. The maximum atomic E-state index is 13.9. The minimum atomic E-state index is -4.11. The van der Waals surface area contributed by atoms with Crippen LogP contribution in [0.2, 0.25) is 0 Å². The van der Waals surface area contributed by atoms with Crippen LogP contribution < -0.4 is 16.4 Å². The van der Waals surface area contributed by atoms with Gasteiger partial charge < -0.3 is 10.6 Å². The zero-order chi connectivity index (χ0) is 26.3. The van der Waals surface area contributed by atoms with Crippen LogP contribution in [0.3, 0.4) is 0 Å². The first kappa shape index (κ1) is 27.2. The van der Waals surface area contributed by atoms with Crippen molar-refractivity contribution in [3.05, 3.63) is 0 Å². The number of likely N-dealkylation sites (N-methyl/N-ethyl adjacent to an activating group) is 1. The molecule has 1 amide bonds. The summed E-state index contributed by atoms with van der Waals surface area (Å²) >= 11 is 0. The molecule has 6 unspecified atom stereocenters. The molecule has 0 aromatic heterocycles. The number of alkyl halides is 3. The Bertz CT molecular complexity index is 817. The molecule has 7 nitrogen and oxygen atoms in total. The van der Waals surface area contributed by atoms with Crippen LogP contribution in [0.25, 0.3) is 0 Å². The number of hydrogen-bond acceptors (Lipinski definition) is 5. The number of amidine groups is 1. The highest BCUT2D eigenvalue weighted by Crippen LogP contribution is 2.45. The third kappa shape index (κ3) is 5.96. The standard InChI is InChI=1S/C27H45F3N6O/c1-35(15-24-33-20-4-2-3-5-21(20)34-24)26(37)23-12-17-8-9-18(25(31)32)13-22(17)36(23)14-16-6-10-19(11-7-16)27(28,29)30/h16-24,33-34H,2-15H2,1H3,(H3,31,32). The Morgan fingerprint density at radius 1 is 1.00 bits per heavy atom. The summed E-state index contributed by atoms with van der Waals surface area (Å²) in [5, 5.41) is 15.4. The van der Waals surface area contributed by atoms with E-state index < -0.39 is 12.1 Å². The Kier molecular flexibility index (Phi) is 8.08. The molecule has 5 aliphatic rings. The van der Waals surface area contributed by atoms with E-state index in [0.29, 0.717) is 43.9 Å². The highest BCUT2D eigenvalue weighted by Gasteiger charge is 2.49. The molecule has 0 aromatic rings. The van der Waals surface area contributed by atoms with Crippen molar-refractivity contribution in [3.8, 4) is 0 Å². The highest BCUT2D eigenvalue weighted by atomic mass is 19.4. The van der Waals surface area contributed by atoms with Crippen LogP contribution in [-0.4, -0.2) is 78.2 Å². The van der Waals surface area contributed by atoms with Crippen LogP contribution in [0.1, 0.15) is 77.0 Å². The average Bonchev–Trinajstić information content (AvgIpc) is 3.43. The third-order valence-electron chi connectivity index (χ3n) is 10.2. The second kappa shape index (κ2) is 11.0. The first-order valence-electron chi connectivity index (χ1n) is 14.5. The molecule has 5 fully saturated rings. The first-order valence-corrected chi connectivity index (χ1v) is 14.5. The van der Waals surface area contributed by atoms with Gasteiger partial charge in [0.05, 0.1) is 24.0 Å². The zero-order valence-electron chi connectivity index (χ0n) is 22.1. The van der Waals surface area contributed by atoms with Gasteiger partial charge in [0.25, 0.3) is 0 Å². The number of carbonyl (C=O) groups excluding carboxylic acids is 1. The number of nitrogens with one attached hydrogen (secondary N) is 3. The van der Waals surface area contributed by atoms with Crippen molar-refractivity contribution in [2.24, 2.45) is 29.4 Å². The van der Waals surface area contributed by atoms with E-state index in [9.17, 15) is 18.0 Å². The minimum absolute atomic E-state index is 0.0338. The zero-order valence-corrected chi connectivity index (χ0v) is 22.1. The van der Waals surface area contributed by atoms with Gasteiger partial charge in [-0.2, -0.15) is 13.2 Å². The van der Waals surface area contributed by atoms with Gasteiger partial charge in [-0.25, -0.2) is 0 Å². The fourth-order valence-electron chi connectivity index (χ4n) is 8.12.